The summed E-state index contributed by atoms with van der Waals surface area (Å²) in [7, 11) is 0. The van der Waals surface area contributed by atoms with E-state index in [-0.39, 0.29) is 11.8 Å². The Kier molecular flexibility index (Phi) is 4.72. The van der Waals surface area contributed by atoms with Crippen LogP contribution in [-0.4, -0.2) is 24.8 Å². The largest absolute Gasteiger partial charge is 0.380 e. The number of hydrogen-bond donors (Lipinski definition) is 0. The minimum Gasteiger partial charge on any atom is -0.380 e. The molecule has 0 N–H and O–H groups in total. The van der Waals surface area contributed by atoms with Crippen molar-refractivity contribution in [3.8, 4) is 0 Å². The predicted octanol–water partition coefficient (Wildman–Crippen LogP) is 2.52. The molecule has 0 spiro atoms. The molecule has 0 aliphatic heterocycles. The number of carbonyl (C=O) groups excluding carboxylic acids is 2. The Balaban J connectivity index is 1.67. The summed E-state index contributed by atoms with van der Waals surface area (Å²) in [6, 6.07) is 0. The molecule has 2 atom stereocenters. The molecule has 2 aliphatic rings. The molecule has 0 aromatic carbocycles. The Hall–Kier alpha value is -0.700. The second-order valence-corrected chi connectivity index (χ2v) is 5.36. The summed E-state index contributed by atoms with van der Waals surface area (Å²) in [4.78, 5) is 23.2. The summed E-state index contributed by atoms with van der Waals surface area (Å²) >= 11 is 0. The first kappa shape index (κ1) is 12.7. The van der Waals surface area contributed by atoms with Crippen molar-refractivity contribution in [2.75, 3.05) is 13.2 Å². The van der Waals surface area contributed by atoms with Crippen LogP contribution in [0.1, 0.15) is 51.4 Å². The van der Waals surface area contributed by atoms with Crippen molar-refractivity contribution in [3.05, 3.63) is 0 Å². The quantitative estimate of drug-likeness (QED) is 0.756. The highest BCUT2D eigenvalue weighted by Crippen LogP contribution is 2.23. The molecule has 17 heavy (non-hydrogen) atoms. The second kappa shape index (κ2) is 6.29. The topological polar surface area (TPSA) is 43.4 Å². The van der Waals surface area contributed by atoms with E-state index in [4.69, 9.17) is 4.74 Å². The van der Waals surface area contributed by atoms with Gasteiger partial charge in [-0.3, -0.25) is 9.59 Å². The minimum absolute atomic E-state index is 0.0995. The Morgan fingerprint density at radius 1 is 0.824 bits per heavy atom. The van der Waals surface area contributed by atoms with Crippen LogP contribution in [0.25, 0.3) is 0 Å². The van der Waals surface area contributed by atoms with Gasteiger partial charge in [-0.2, -0.15) is 0 Å². The molecule has 3 nitrogen and oxygen atoms in total. The van der Waals surface area contributed by atoms with Crippen LogP contribution in [0.4, 0.5) is 0 Å². The predicted molar refractivity (Wildman–Crippen MR) is 64.7 cm³/mol. The van der Waals surface area contributed by atoms with Gasteiger partial charge in [0.2, 0.25) is 0 Å². The van der Waals surface area contributed by atoms with Crippen LogP contribution in [-0.2, 0) is 14.3 Å². The number of Topliss-reactive ketones (excluding diaryl/α,β-unsaturated/α-hetero) is 2. The smallest absolute Gasteiger partial charge is 0.138 e. The summed E-state index contributed by atoms with van der Waals surface area (Å²) in [5.41, 5.74) is 0. The van der Waals surface area contributed by atoms with Crippen LogP contribution in [0, 0.1) is 11.8 Å². The van der Waals surface area contributed by atoms with Crippen molar-refractivity contribution >= 4 is 11.6 Å². The van der Waals surface area contributed by atoms with Crippen LogP contribution in [0.2, 0.25) is 0 Å². The molecule has 96 valence electrons. The fourth-order valence-electron chi connectivity index (χ4n) is 2.82. The van der Waals surface area contributed by atoms with Gasteiger partial charge in [0.25, 0.3) is 0 Å². The zero-order chi connectivity index (χ0) is 12.1. The van der Waals surface area contributed by atoms with Crippen molar-refractivity contribution in [1.29, 1.82) is 0 Å². The van der Waals surface area contributed by atoms with Crippen molar-refractivity contribution < 1.29 is 14.3 Å². The van der Waals surface area contributed by atoms with E-state index in [2.05, 4.69) is 0 Å². The Morgan fingerprint density at radius 3 is 1.71 bits per heavy atom. The third-order valence-electron chi connectivity index (χ3n) is 4.00. The molecular weight excluding hydrogens is 216 g/mol. The zero-order valence-electron chi connectivity index (χ0n) is 10.5. The van der Waals surface area contributed by atoms with Gasteiger partial charge in [-0.05, 0) is 25.7 Å². The average Bonchev–Trinajstić information content (AvgIpc) is 2.34. The highest BCUT2D eigenvalue weighted by Gasteiger charge is 2.25. The SMILES string of the molecule is O=C1CCCCC1COCC1CCCCC1=O. The summed E-state index contributed by atoms with van der Waals surface area (Å²) in [5.74, 6) is 0.905. The lowest BCUT2D eigenvalue weighted by molar-refractivity contribution is -0.129. The van der Waals surface area contributed by atoms with E-state index in [0.29, 0.717) is 24.8 Å². The number of ether oxygens (including phenoxy) is 1. The van der Waals surface area contributed by atoms with E-state index in [9.17, 15) is 9.59 Å². The van der Waals surface area contributed by atoms with Gasteiger partial charge in [-0.25, -0.2) is 0 Å². The molecule has 3 heteroatoms. The van der Waals surface area contributed by atoms with E-state index < -0.39 is 0 Å². The van der Waals surface area contributed by atoms with E-state index in [0.717, 1.165) is 51.4 Å². The summed E-state index contributed by atoms with van der Waals surface area (Å²) in [6.07, 6.45) is 7.73. The third kappa shape index (κ3) is 3.63. The minimum atomic E-state index is 0.0995. The highest BCUT2D eigenvalue weighted by atomic mass is 16.5. The van der Waals surface area contributed by atoms with Crippen LogP contribution in [0.3, 0.4) is 0 Å². The molecule has 0 saturated heterocycles. The van der Waals surface area contributed by atoms with Gasteiger partial charge in [0, 0.05) is 24.7 Å². The lowest BCUT2D eigenvalue weighted by Crippen LogP contribution is -2.28. The first-order valence-electron chi connectivity index (χ1n) is 6.90. The van der Waals surface area contributed by atoms with E-state index in [1.54, 1.807) is 0 Å². The average molecular weight is 238 g/mol. The van der Waals surface area contributed by atoms with Gasteiger partial charge in [0.05, 0.1) is 13.2 Å². The maximum atomic E-state index is 11.6. The second-order valence-electron chi connectivity index (χ2n) is 5.36. The molecule has 2 unspecified atom stereocenters. The number of carbonyl (C=O) groups is 2. The van der Waals surface area contributed by atoms with E-state index >= 15 is 0 Å². The van der Waals surface area contributed by atoms with Gasteiger partial charge in [0.15, 0.2) is 0 Å². The maximum Gasteiger partial charge on any atom is 0.138 e. The molecular formula is C14H22O3. The molecule has 2 fully saturated rings. The Labute approximate surface area is 103 Å². The lowest BCUT2D eigenvalue weighted by atomic mass is 9.88. The van der Waals surface area contributed by atoms with Crippen molar-refractivity contribution in [3.63, 3.8) is 0 Å². The number of rotatable bonds is 4. The molecule has 0 radical (unpaired) electrons. The maximum absolute atomic E-state index is 11.6. The van der Waals surface area contributed by atoms with Gasteiger partial charge < -0.3 is 4.74 Å². The third-order valence-corrected chi connectivity index (χ3v) is 4.00. The van der Waals surface area contributed by atoms with Crippen molar-refractivity contribution in [1.82, 2.24) is 0 Å². The molecule has 0 aromatic heterocycles. The normalized spacial score (nSPS) is 30.6. The van der Waals surface area contributed by atoms with Gasteiger partial charge in [-0.1, -0.05) is 12.8 Å². The first-order chi connectivity index (χ1) is 8.27. The molecule has 0 bridgehead atoms. The molecule has 0 amide bonds. The van der Waals surface area contributed by atoms with Crippen LogP contribution in [0.5, 0.6) is 0 Å². The lowest BCUT2D eigenvalue weighted by Gasteiger charge is -2.23. The summed E-state index contributed by atoms with van der Waals surface area (Å²) in [6.45, 7) is 1.06. The Bertz CT molecular complexity index is 257. The molecule has 0 heterocycles. The van der Waals surface area contributed by atoms with Gasteiger partial charge >= 0.3 is 0 Å². The van der Waals surface area contributed by atoms with Crippen LogP contribution in [0.15, 0.2) is 0 Å². The first-order valence-corrected chi connectivity index (χ1v) is 6.90. The standard InChI is InChI=1S/C14H22O3/c15-13-7-3-1-5-11(13)9-17-10-12-6-2-4-8-14(12)16/h11-12H,1-10H2. The van der Waals surface area contributed by atoms with E-state index in [1.165, 1.54) is 0 Å². The Morgan fingerprint density at radius 2 is 1.29 bits per heavy atom. The molecule has 2 aliphatic carbocycles. The summed E-state index contributed by atoms with van der Waals surface area (Å²) in [5, 5.41) is 0. The van der Waals surface area contributed by atoms with E-state index in [1.807, 2.05) is 0 Å². The fourth-order valence-corrected chi connectivity index (χ4v) is 2.82. The van der Waals surface area contributed by atoms with Crippen molar-refractivity contribution in [2.45, 2.75) is 51.4 Å². The highest BCUT2D eigenvalue weighted by molar-refractivity contribution is 5.82. The summed E-state index contributed by atoms with van der Waals surface area (Å²) < 4.78 is 5.61. The zero-order valence-corrected chi connectivity index (χ0v) is 10.5. The number of ketones is 2. The van der Waals surface area contributed by atoms with Crippen LogP contribution < -0.4 is 0 Å². The molecule has 2 rings (SSSR count). The van der Waals surface area contributed by atoms with Crippen LogP contribution >= 0.6 is 0 Å². The van der Waals surface area contributed by atoms with Crippen molar-refractivity contribution in [2.24, 2.45) is 11.8 Å². The number of hydrogen-bond acceptors (Lipinski definition) is 3. The van der Waals surface area contributed by atoms with Gasteiger partial charge in [0.1, 0.15) is 11.6 Å². The monoisotopic (exact) mass is 238 g/mol. The van der Waals surface area contributed by atoms with Gasteiger partial charge in [-0.15, -0.1) is 0 Å². The fraction of sp³-hybridized carbons (Fsp3) is 0.857. The molecule has 0 aromatic rings. The molecule has 2 saturated carbocycles.